The molecule has 0 saturated carbocycles. The number of carbonyl (C=O) groups is 1. The third kappa shape index (κ3) is 3.25. The summed E-state index contributed by atoms with van der Waals surface area (Å²) in [5.41, 5.74) is 2.83. The van der Waals surface area contributed by atoms with Crippen molar-refractivity contribution >= 4 is 23.3 Å². The van der Waals surface area contributed by atoms with Gasteiger partial charge in [-0.25, -0.2) is 9.78 Å². The Kier molecular flexibility index (Phi) is 4.29. The van der Waals surface area contributed by atoms with E-state index in [0.717, 1.165) is 11.3 Å². The quantitative estimate of drug-likeness (QED) is 0.525. The summed E-state index contributed by atoms with van der Waals surface area (Å²) in [5.74, 6) is 1.25. The summed E-state index contributed by atoms with van der Waals surface area (Å²) in [6.07, 6.45) is 5.36. The van der Waals surface area contributed by atoms with Crippen molar-refractivity contribution in [2.45, 2.75) is 12.5 Å². The zero-order chi connectivity index (χ0) is 19.8. The lowest BCUT2D eigenvalue weighted by molar-refractivity contribution is -0.551. The monoisotopic (exact) mass is 404 g/mol. The van der Waals surface area contributed by atoms with Crippen LogP contribution in [0, 0.1) is 0 Å². The molecular weight excluding hydrogens is 390 g/mol. The molecule has 0 spiro atoms. The summed E-state index contributed by atoms with van der Waals surface area (Å²) >= 11 is 6.05. The van der Waals surface area contributed by atoms with Crippen LogP contribution in [0.5, 0.6) is 0 Å². The maximum absolute atomic E-state index is 13.1. The highest BCUT2D eigenvalue weighted by Crippen LogP contribution is 2.30. The van der Waals surface area contributed by atoms with Gasteiger partial charge in [0.25, 0.3) is 0 Å². The van der Waals surface area contributed by atoms with Gasteiger partial charge in [-0.15, -0.1) is 5.10 Å². The Bertz CT molecular complexity index is 1200. The molecule has 0 bridgehead atoms. The van der Waals surface area contributed by atoms with E-state index in [-0.39, 0.29) is 11.1 Å². The van der Waals surface area contributed by atoms with E-state index in [4.69, 9.17) is 21.0 Å². The van der Waals surface area contributed by atoms with Crippen LogP contribution >= 0.6 is 11.6 Å². The standard InChI is InChI=1S/C21H14ClN5O2/c22-18-9-14(11-23-26-18)19-20-25-16(10-15-7-4-8-29-15)21(28)27(20)12-17(24-19)13-5-2-1-3-6-13/h1-9,11-12,16H,10H2/p+1. The predicted octanol–water partition coefficient (Wildman–Crippen LogP) is 3.42. The van der Waals surface area contributed by atoms with Crippen LogP contribution in [0.25, 0.3) is 22.5 Å². The van der Waals surface area contributed by atoms with E-state index >= 15 is 0 Å². The Morgan fingerprint density at radius 2 is 2.00 bits per heavy atom. The second-order valence-electron chi connectivity index (χ2n) is 6.65. The van der Waals surface area contributed by atoms with Crippen molar-refractivity contribution in [2.24, 2.45) is 0 Å². The number of nitrogens with zero attached hydrogens (tertiary/aromatic N) is 4. The van der Waals surface area contributed by atoms with E-state index in [9.17, 15) is 4.79 Å². The third-order valence-corrected chi connectivity index (χ3v) is 4.93. The highest BCUT2D eigenvalue weighted by molar-refractivity contribution is 6.29. The van der Waals surface area contributed by atoms with Crippen LogP contribution in [0.1, 0.15) is 10.6 Å². The van der Waals surface area contributed by atoms with Gasteiger partial charge in [0.15, 0.2) is 10.8 Å². The van der Waals surface area contributed by atoms with Crippen LogP contribution in [0.15, 0.2) is 71.6 Å². The first-order valence-electron chi connectivity index (χ1n) is 9.03. The third-order valence-electron chi connectivity index (χ3n) is 4.75. The van der Waals surface area contributed by atoms with Crippen molar-refractivity contribution in [3.8, 4) is 22.5 Å². The number of hydrogen-bond acceptors (Lipinski definition) is 6. The van der Waals surface area contributed by atoms with Gasteiger partial charge >= 0.3 is 11.7 Å². The Labute approximate surface area is 171 Å². The average Bonchev–Trinajstić information content (AvgIpc) is 3.37. The molecular formula is C21H15ClN5O2+. The number of halogens is 1. The van der Waals surface area contributed by atoms with E-state index in [1.807, 2.05) is 36.4 Å². The smallest absolute Gasteiger partial charge is 0.359 e. The lowest BCUT2D eigenvalue weighted by atomic mass is 10.1. The molecule has 0 amide bonds. The number of furan rings is 1. The zero-order valence-electron chi connectivity index (χ0n) is 15.1. The van der Waals surface area contributed by atoms with Crippen molar-refractivity contribution < 1.29 is 13.8 Å². The van der Waals surface area contributed by atoms with Crippen LogP contribution < -0.4 is 9.88 Å². The van der Waals surface area contributed by atoms with E-state index in [2.05, 4.69) is 15.5 Å². The van der Waals surface area contributed by atoms with Crippen LogP contribution in [0.3, 0.4) is 0 Å². The molecule has 7 nitrogen and oxygen atoms in total. The maximum atomic E-state index is 13.1. The van der Waals surface area contributed by atoms with E-state index in [1.54, 1.807) is 35.4 Å². The van der Waals surface area contributed by atoms with Crippen LogP contribution in [0.4, 0.5) is 5.82 Å². The number of benzene rings is 1. The first-order valence-corrected chi connectivity index (χ1v) is 9.41. The van der Waals surface area contributed by atoms with Gasteiger partial charge in [-0.2, -0.15) is 9.67 Å². The number of anilines is 1. The molecule has 1 aliphatic rings. The molecule has 4 aromatic rings. The van der Waals surface area contributed by atoms with Crippen molar-refractivity contribution in [3.63, 3.8) is 0 Å². The van der Waals surface area contributed by atoms with Crippen LogP contribution in [-0.2, 0) is 6.42 Å². The maximum Gasteiger partial charge on any atom is 0.359 e. The Morgan fingerprint density at radius 3 is 2.76 bits per heavy atom. The molecule has 1 N–H and O–H groups in total. The molecule has 0 saturated heterocycles. The van der Waals surface area contributed by atoms with E-state index in [0.29, 0.717) is 29.2 Å². The van der Waals surface area contributed by atoms with Crippen molar-refractivity contribution in [1.29, 1.82) is 0 Å². The summed E-state index contributed by atoms with van der Waals surface area (Å²) in [7, 11) is 0. The SMILES string of the molecule is O=C1C(Cc2ccco2)Nc2c(-c3cnnc(Cl)c3)nc(-c3ccccc3)c[n+]21. The molecule has 142 valence electrons. The second-order valence-corrected chi connectivity index (χ2v) is 7.03. The van der Waals surface area contributed by atoms with Gasteiger partial charge in [-0.3, -0.25) is 5.32 Å². The molecule has 0 radical (unpaired) electrons. The lowest BCUT2D eigenvalue weighted by Crippen LogP contribution is -2.43. The molecule has 1 unspecified atom stereocenters. The minimum Gasteiger partial charge on any atom is -0.469 e. The zero-order valence-corrected chi connectivity index (χ0v) is 15.9. The predicted molar refractivity (Wildman–Crippen MR) is 106 cm³/mol. The molecule has 29 heavy (non-hydrogen) atoms. The first-order chi connectivity index (χ1) is 14.2. The molecule has 1 atom stereocenters. The minimum atomic E-state index is -0.460. The number of rotatable bonds is 4. The number of fused-ring (bicyclic) bond motifs is 1. The normalized spacial score (nSPS) is 15.2. The molecule has 1 aromatic carbocycles. The number of aromatic nitrogens is 4. The van der Waals surface area contributed by atoms with Gasteiger partial charge in [0.1, 0.15) is 17.7 Å². The first kappa shape index (κ1) is 17.5. The lowest BCUT2D eigenvalue weighted by Gasteiger charge is -2.06. The van der Waals surface area contributed by atoms with Crippen LogP contribution in [0.2, 0.25) is 5.15 Å². The van der Waals surface area contributed by atoms with Crippen LogP contribution in [-0.4, -0.2) is 27.1 Å². The molecule has 1 aliphatic heterocycles. The highest BCUT2D eigenvalue weighted by atomic mass is 35.5. The number of hydrogen-bond donors (Lipinski definition) is 1. The number of carbonyl (C=O) groups excluding carboxylic acids is 1. The Morgan fingerprint density at radius 1 is 1.14 bits per heavy atom. The van der Waals surface area contributed by atoms with Crippen molar-refractivity contribution in [1.82, 2.24) is 15.2 Å². The molecule has 8 heteroatoms. The number of nitrogens with one attached hydrogen (secondary N) is 1. The molecule has 5 rings (SSSR count). The molecule has 3 aromatic heterocycles. The van der Waals surface area contributed by atoms with E-state index in [1.165, 1.54) is 0 Å². The fourth-order valence-corrected chi connectivity index (χ4v) is 3.56. The van der Waals surface area contributed by atoms with Gasteiger partial charge in [0, 0.05) is 11.1 Å². The van der Waals surface area contributed by atoms with Gasteiger partial charge in [-0.05, 0) is 18.2 Å². The van der Waals surface area contributed by atoms with Crippen molar-refractivity contribution in [2.75, 3.05) is 5.32 Å². The average molecular weight is 405 g/mol. The summed E-state index contributed by atoms with van der Waals surface area (Å²) in [5, 5.41) is 11.3. The molecule has 0 aliphatic carbocycles. The summed E-state index contributed by atoms with van der Waals surface area (Å²) in [6.45, 7) is 0. The second kappa shape index (κ2) is 7.10. The Balaban J connectivity index is 1.64. The fraction of sp³-hybridized carbons (Fsp3) is 0.0952. The molecule has 0 fully saturated rings. The molecule has 4 heterocycles. The van der Waals surface area contributed by atoms with Gasteiger partial charge in [0.2, 0.25) is 6.04 Å². The Hall–Kier alpha value is -3.58. The summed E-state index contributed by atoms with van der Waals surface area (Å²) in [6, 6.07) is 14.6. The van der Waals surface area contributed by atoms with Gasteiger partial charge < -0.3 is 4.42 Å². The van der Waals surface area contributed by atoms with Gasteiger partial charge in [0.05, 0.1) is 18.9 Å². The largest absolute Gasteiger partial charge is 0.469 e. The summed E-state index contributed by atoms with van der Waals surface area (Å²) in [4.78, 5) is 17.9. The van der Waals surface area contributed by atoms with Crippen molar-refractivity contribution in [3.05, 3.63) is 78.1 Å². The summed E-state index contributed by atoms with van der Waals surface area (Å²) < 4.78 is 7.02. The highest BCUT2D eigenvalue weighted by Gasteiger charge is 2.42. The van der Waals surface area contributed by atoms with Gasteiger partial charge in [-0.1, -0.05) is 41.9 Å². The minimum absolute atomic E-state index is 0.0784. The topological polar surface area (TPSA) is 84.8 Å². The van der Waals surface area contributed by atoms with E-state index < -0.39 is 6.04 Å². The fourth-order valence-electron chi connectivity index (χ4n) is 3.40.